The van der Waals surface area contributed by atoms with E-state index in [0.29, 0.717) is 17.2 Å². The molecular weight excluding hydrogens is 322 g/mol. The van der Waals surface area contributed by atoms with Gasteiger partial charge < -0.3 is 14.7 Å². The normalized spacial score (nSPS) is 18.9. The van der Waals surface area contributed by atoms with Crippen LogP contribution in [-0.4, -0.2) is 42.7 Å². The molecule has 110 valence electrons. The predicted molar refractivity (Wildman–Crippen MR) is 81.0 cm³/mol. The lowest BCUT2D eigenvalue weighted by Crippen LogP contribution is -2.40. The molecule has 1 aromatic rings. The second kappa shape index (κ2) is 7.09. The van der Waals surface area contributed by atoms with Gasteiger partial charge in [-0.25, -0.2) is 0 Å². The highest BCUT2D eigenvalue weighted by Gasteiger charge is 2.25. The van der Waals surface area contributed by atoms with Crippen molar-refractivity contribution in [3.05, 3.63) is 28.2 Å². The molecule has 20 heavy (non-hydrogen) atoms. The van der Waals surface area contributed by atoms with E-state index in [1.54, 1.807) is 13.2 Å². The van der Waals surface area contributed by atoms with Crippen LogP contribution in [0.1, 0.15) is 29.6 Å². The Kier molecular flexibility index (Phi) is 5.43. The molecule has 1 saturated heterocycles. The number of rotatable bonds is 4. The number of carbonyl (C=O) groups excluding carboxylic acids is 1. The maximum Gasteiger partial charge on any atom is 0.255 e. The molecule has 1 aliphatic heterocycles. The van der Waals surface area contributed by atoms with Gasteiger partial charge in [0.1, 0.15) is 5.75 Å². The molecule has 4 nitrogen and oxygen atoms in total. The van der Waals surface area contributed by atoms with Crippen molar-refractivity contribution in [2.24, 2.45) is 5.92 Å². The molecule has 1 amide bonds. The van der Waals surface area contributed by atoms with Crippen LogP contribution in [-0.2, 0) is 0 Å². The SMILES string of the molecule is COc1ccc(Br)c(C(=O)N2CCCC(CCO)C2)c1. The minimum Gasteiger partial charge on any atom is -0.497 e. The first kappa shape index (κ1) is 15.3. The third-order valence-corrected chi connectivity index (χ3v) is 4.44. The van der Waals surface area contributed by atoms with Crippen LogP contribution >= 0.6 is 15.9 Å². The molecule has 0 spiro atoms. The van der Waals surface area contributed by atoms with Gasteiger partial charge in [0.2, 0.25) is 0 Å². The number of ether oxygens (including phenoxy) is 1. The summed E-state index contributed by atoms with van der Waals surface area (Å²) in [5, 5.41) is 9.05. The monoisotopic (exact) mass is 341 g/mol. The van der Waals surface area contributed by atoms with Crippen molar-refractivity contribution in [3.63, 3.8) is 0 Å². The highest BCUT2D eigenvalue weighted by atomic mass is 79.9. The van der Waals surface area contributed by atoms with Gasteiger partial charge >= 0.3 is 0 Å². The van der Waals surface area contributed by atoms with E-state index < -0.39 is 0 Å². The zero-order valence-corrected chi connectivity index (χ0v) is 13.2. The summed E-state index contributed by atoms with van der Waals surface area (Å²) in [6.45, 7) is 1.70. The smallest absolute Gasteiger partial charge is 0.255 e. The first-order valence-corrected chi connectivity index (χ1v) is 7.68. The molecule has 1 aliphatic rings. The number of carbonyl (C=O) groups is 1. The second-order valence-electron chi connectivity index (χ2n) is 5.12. The van der Waals surface area contributed by atoms with E-state index in [0.717, 1.165) is 36.8 Å². The summed E-state index contributed by atoms with van der Waals surface area (Å²) in [7, 11) is 1.59. The summed E-state index contributed by atoms with van der Waals surface area (Å²) in [6, 6.07) is 5.43. The Morgan fingerprint density at radius 1 is 1.55 bits per heavy atom. The van der Waals surface area contributed by atoms with Gasteiger partial charge in [-0.1, -0.05) is 0 Å². The molecule has 1 atom stereocenters. The third kappa shape index (κ3) is 3.52. The predicted octanol–water partition coefficient (Wildman–Crippen LogP) is 2.69. The van der Waals surface area contributed by atoms with Gasteiger partial charge in [0, 0.05) is 24.2 Å². The molecule has 0 radical (unpaired) electrons. The van der Waals surface area contributed by atoms with Crippen LogP contribution in [0.4, 0.5) is 0 Å². The minimum atomic E-state index is 0.0263. The Hall–Kier alpha value is -1.07. The van der Waals surface area contributed by atoms with E-state index in [1.165, 1.54) is 0 Å². The van der Waals surface area contributed by atoms with E-state index >= 15 is 0 Å². The summed E-state index contributed by atoms with van der Waals surface area (Å²) in [5.41, 5.74) is 0.633. The molecular formula is C15H20BrNO3. The number of hydrogen-bond donors (Lipinski definition) is 1. The van der Waals surface area contributed by atoms with E-state index in [-0.39, 0.29) is 12.5 Å². The number of aliphatic hydroxyl groups excluding tert-OH is 1. The Balaban J connectivity index is 2.14. The Morgan fingerprint density at radius 3 is 3.05 bits per heavy atom. The number of likely N-dealkylation sites (tertiary alicyclic amines) is 1. The molecule has 0 aromatic heterocycles. The van der Waals surface area contributed by atoms with Crippen LogP contribution in [0.3, 0.4) is 0 Å². The van der Waals surface area contributed by atoms with Crippen LogP contribution in [0.15, 0.2) is 22.7 Å². The van der Waals surface area contributed by atoms with Crippen molar-refractivity contribution < 1.29 is 14.6 Å². The number of benzene rings is 1. The lowest BCUT2D eigenvalue weighted by atomic mass is 9.94. The molecule has 0 saturated carbocycles. The van der Waals surface area contributed by atoms with Gasteiger partial charge in [0.05, 0.1) is 12.7 Å². The average Bonchev–Trinajstić information content (AvgIpc) is 2.48. The second-order valence-corrected chi connectivity index (χ2v) is 5.97. The maximum atomic E-state index is 12.6. The number of aliphatic hydroxyl groups is 1. The molecule has 1 aromatic carbocycles. The number of hydrogen-bond acceptors (Lipinski definition) is 3. The summed E-state index contributed by atoms with van der Waals surface area (Å²) >= 11 is 3.43. The minimum absolute atomic E-state index is 0.0263. The summed E-state index contributed by atoms with van der Waals surface area (Å²) in [5.74, 6) is 1.11. The fourth-order valence-electron chi connectivity index (χ4n) is 2.63. The van der Waals surface area contributed by atoms with Gasteiger partial charge in [-0.05, 0) is 59.3 Å². The van der Waals surface area contributed by atoms with E-state index in [2.05, 4.69) is 15.9 Å². The molecule has 1 unspecified atom stereocenters. The van der Waals surface area contributed by atoms with Crippen LogP contribution in [0.5, 0.6) is 5.75 Å². The summed E-state index contributed by atoms with van der Waals surface area (Å²) in [6.07, 6.45) is 2.85. The van der Waals surface area contributed by atoms with Crippen molar-refractivity contribution in [3.8, 4) is 5.75 Å². The first-order chi connectivity index (χ1) is 9.65. The molecule has 0 aliphatic carbocycles. The quantitative estimate of drug-likeness (QED) is 0.915. The average molecular weight is 342 g/mol. The van der Waals surface area contributed by atoms with Gasteiger partial charge in [-0.2, -0.15) is 0 Å². The first-order valence-electron chi connectivity index (χ1n) is 6.89. The molecule has 0 bridgehead atoms. The maximum absolute atomic E-state index is 12.6. The summed E-state index contributed by atoms with van der Waals surface area (Å²) < 4.78 is 5.97. The van der Waals surface area contributed by atoms with E-state index in [1.807, 2.05) is 17.0 Å². The third-order valence-electron chi connectivity index (χ3n) is 3.75. The van der Waals surface area contributed by atoms with Crippen LogP contribution < -0.4 is 4.74 Å². The molecule has 1 fully saturated rings. The largest absolute Gasteiger partial charge is 0.497 e. The van der Waals surface area contributed by atoms with Crippen LogP contribution in [0, 0.1) is 5.92 Å². The zero-order valence-electron chi connectivity index (χ0n) is 11.6. The topological polar surface area (TPSA) is 49.8 Å². The van der Waals surface area contributed by atoms with Gasteiger partial charge in [0.15, 0.2) is 0 Å². The highest BCUT2D eigenvalue weighted by Crippen LogP contribution is 2.26. The van der Waals surface area contributed by atoms with Crippen molar-refractivity contribution >= 4 is 21.8 Å². The van der Waals surface area contributed by atoms with Crippen LogP contribution in [0.2, 0.25) is 0 Å². The molecule has 2 rings (SSSR count). The molecule has 5 heteroatoms. The number of piperidine rings is 1. The zero-order chi connectivity index (χ0) is 14.5. The van der Waals surface area contributed by atoms with E-state index in [4.69, 9.17) is 9.84 Å². The number of halogens is 1. The standard InChI is InChI=1S/C15H20BrNO3/c1-20-12-4-5-14(16)13(9-12)15(19)17-7-2-3-11(10-17)6-8-18/h4-5,9,11,18H,2-3,6-8,10H2,1H3. The molecule has 1 N–H and O–H groups in total. The van der Waals surface area contributed by atoms with Crippen molar-refractivity contribution in [2.75, 3.05) is 26.8 Å². The number of amides is 1. The highest BCUT2D eigenvalue weighted by molar-refractivity contribution is 9.10. The van der Waals surface area contributed by atoms with Crippen LogP contribution in [0.25, 0.3) is 0 Å². The van der Waals surface area contributed by atoms with Crippen molar-refractivity contribution in [1.82, 2.24) is 4.90 Å². The van der Waals surface area contributed by atoms with E-state index in [9.17, 15) is 4.79 Å². The fourth-order valence-corrected chi connectivity index (χ4v) is 3.05. The Labute approximate surface area is 127 Å². The van der Waals surface area contributed by atoms with Gasteiger partial charge in [-0.15, -0.1) is 0 Å². The lowest BCUT2D eigenvalue weighted by molar-refractivity contribution is 0.0652. The number of methoxy groups -OCH3 is 1. The lowest BCUT2D eigenvalue weighted by Gasteiger charge is -2.32. The van der Waals surface area contributed by atoms with Gasteiger partial charge in [0.25, 0.3) is 5.91 Å². The number of nitrogens with zero attached hydrogens (tertiary/aromatic N) is 1. The Bertz CT molecular complexity index is 476. The van der Waals surface area contributed by atoms with Crippen molar-refractivity contribution in [2.45, 2.75) is 19.3 Å². The molecule has 1 heterocycles. The Morgan fingerprint density at radius 2 is 2.35 bits per heavy atom. The summed E-state index contributed by atoms with van der Waals surface area (Å²) in [4.78, 5) is 14.5. The fraction of sp³-hybridized carbons (Fsp3) is 0.533. The van der Waals surface area contributed by atoms with Crippen molar-refractivity contribution in [1.29, 1.82) is 0 Å². The van der Waals surface area contributed by atoms with Gasteiger partial charge in [-0.3, -0.25) is 4.79 Å².